The van der Waals surface area contributed by atoms with Crippen molar-refractivity contribution in [1.82, 2.24) is 0 Å². The predicted octanol–water partition coefficient (Wildman–Crippen LogP) is 1.58. The molecule has 2 aliphatic rings. The second kappa shape index (κ2) is 15.0. The first-order valence-electron chi connectivity index (χ1n) is 16.1. The van der Waals surface area contributed by atoms with Crippen molar-refractivity contribution >= 4 is 18.7 Å². The fraction of sp³-hybridized carbons (Fsp3) is 0.0909. The Morgan fingerprint density at radius 3 is 1.15 bits per heavy atom. The Balaban J connectivity index is 0.00000193. The van der Waals surface area contributed by atoms with Crippen molar-refractivity contribution < 1.29 is 48.0 Å². The van der Waals surface area contributed by atoms with Crippen molar-refractivity contribution in [2.45, 2.75) is 25.7 Å². The summed E-state index contributed by atoms with van der Waals surface area (Å²) in [7, 11) is 0. The molecule has 47 heavy (non-hydrogen) atoms. The van der Waals surface area contributed by atoms with Crippen LogP contribution in [-0.2, 0) is 36.1 Å². The van der Waals surface area contributed by atoms with Gasteiger partial charge in [0.1, 0.15) is 0 Å². The summed E-state index contributed by atoms with van der Waals surface area (Å²) < 4.78 is 3.24. The zero-order valence-corrected chi connectivity index (χ0v) is 30.1. The molecule has 0 aliphatic heterocycles. The molecule has 2 aliphatic carbocycles. The summed E-state index contributed by atoms with van der Waals surface area (Å²) in [6.45, 7) is 0. The van der Waals surface area contributed by atoms with Gasteiger partial charge in [0.05, 0.1) is 0 Å². The van der Waals surface area contributed by atoms with Crippen LogP contribution < -0.4 is 45.7 Å². The molecule has 8 rings (SSSR count). The van der Waals surface area contributed by atoms with Crippen LogP contribution in [0.25, 0.3) is 41.0 Å². The van der Waals surface area contributed by atoms with Crippen LogP contribution in [0, 0.1) is 0 Å². The molecule has 0 heterocycles. The smallest absolute Gasteiger partial charge is 1.00 e. The molecule has 0 atom stereocenters. The van der Waals surface area contributed by atoms with E-state index >= 15 is 0 Å². The van der Waals surface area contributed by atoms with E-state index in [0.717, 1.165) is 25.7 Å². The molecule has 0 spiro atoms. The van der Waals surface area contributed by atoms with Gasteiger partial charge in [-0.2, -0.15) is 0 Å². The second-order valence-corrected chi connectivity index (χ2v) is 15.0. The van der Waals surface area contributed by atoms with Gasteiger partial charge in [-0.1, -0.05) is 0 Å². The Hall–Kier alpha value is -3.74. The molecule has 0 aromatic heterocycles. The van der Waals surface area contributed by atoms with Gasteiger partial charge in [-0.05, 0) is 0 Å². The van der Waals surface area contributed by atoms with Gasteiger partial charge >= 0.3 is 279 Å². The fourth-order valence-electron chi connectivity index (χ4n) is 7.09. The maximum Gasteiger partial charge on any atom is -1.00 e. The first kappa shape index (κ1) is 33.2. The molecule has 0 radical (unpaired) electrons. The zero-order chi connectivity index (χ0) is 30.0. The third kappa shape index (κ3) is 6.55. The molecule has 6 aromatic carbocycles. The molecule has 6 aromatic rings. The van der Waals surface area contributed by atoms with Gasteiger partial charge in [0.25, 0.3) is 0 Å². The SMILES string of the molecule is C(CCc1ccccc1)=c1cccc2c1=[C]([Zr+2][C]1=c3c(cccc3=CCCc3ccccc3)-c3ccccc31)c1ccccc1-2.[Cl-].[Cl-]. The monoisotopic (exact) mass is 722 g/mol. The summed E-state index contributed by atoms with van der Waals surface area (Å²) in [6.07, 6.45) is 9.18. The fourth-order valence-corrected chi connectivity index (χ4v) is 11.4. The number of halogens is 2. The van der Waals surface area contributed by atoms with E-state index in [1.54, 1.807) is 6.56 Å². The number of hydrogen-bond donors (Lipinski definition) is 0. The Bertz CT molecular complexity index is 2130. The van der Waals surface area contributed by atoms with E-state index in [-0.39, 0.29) is 24.8 Å². The number of hydrogen-bond acceptors (Lipinski definition) is 0. The third-order valence-corrected chi connectivity index (χ3v) is 13.0. The Labute approximate surface area is 301 Å². The average molecular weight is 725 g/mol. The van der Waals surface area contributed by atoms with Gasteiger partial charge in [-0.3, -0.25) is 0 Å². The minimum absolute atomic E-state index is 0. The Morgan fingerprint density at radius 2 is 0.723 bits per heavy atom. The predicted molar refractivity (Wildman–Crippen MR) is 186 cm³/mol. The standard InChI is InChI=1S/2C22H17.2ClH.Zr/c2*1-2-8-17(9-3-1)10-6-12-18-13-7-15-21-20-14-5-4-11-19(20)16-22(18)21;;;/h2*1-5,7-9,11-15H,6,10H2;2*1H;/q;;;;+2/p-2. The van der Waals surface area contributed by atoms with Gasteiger partial charge in [-0.25, -0.2) is 0 Å². The maximum absolute atomic E-state index is 2.49. The van der Waals surface area contributed by atoms with Crippen molar-refractivity contribution in [1.29, 1.82) is 0 Å². The largest absolute Gasteiger partial charge is 1.00 e. The summed E-state index contributed by atoms with van der Waals surface area (Å²) in [4.78, 5) is 0. The molecule has 0 bridgehead atoms. The molecular weight excluding hydrogens is 691 g/mol. The van der Waals surface area contributed by atoms with E-state index in [1.165, 1.54) is 65.4 Å². The van der Waals surface area contributed by atoms with Crippen LogP contribution >= 0.6 is 0 Å². The quantitative estimate of drug-likeness (QED) is 0.224. The van der Waals surface area contributed by atoms with Crippen LogP contribution in [0.2, 0.25) is 0 Å². The summed E-state index contributed by atoms with van der Waals surface area (Å²) in [5.74, 6) is 0. The van der Waals surface area contributed by atoms with Gasteiger partial charge in [0, 0.05) is 0 Å². The van der Waals surface area contributed by atoms with Crippen molar-refractivity contribution in [3.8, 4) is 22.3 Å². The molecule has 0 unspecified atom stereocenters. The van der Waals surface area contributed by atoms with Gasteiger partial charge < -0.3 is 24.8 Å². The third-order valence-electron chi connectivity index (χ3n) is 9.20. The molecule has 0 saturated heterocycles. The van der Waals surface area contributed by atoms with Crippen LogP contribution in [0.5, 0.6) is 0 Å². The molecule has 0 fully saturated rings. The summed E-state index contributed by atoms with van der Waals surface area (Å²) in [6, 6.07) is 53.9. The summed E-state index contributed by atoms with van der Waals surface area (Å²) in [5.41, 5.74) is 11.3. The average Bonchev–Trinajstić information content (AvgIpc) is 3.60. The Morgan fingerprint density at radius 1 is 0.362 bits per heavy atom. The van der Waals surface area contributed by atoms with Crippen molar-refractivity contribution in [3.05, 3.63) is 189 Å². The van der Waals surface area contributed by atoms with Crippen LogP contribution in [0.3, 0.4) is 0 Å². The number of fused-ring (bicyclic) bond motifs is 6. The van der Waals surface area contributed by atoms with E-state index in [0.29, 0.717) is 0 Å². The molecule has 0 N–H and O–H groups in total. The topological polar surface area (TPSA) is 0 Å². The van der Waals surface area contributed by atoms with E-state index in [4.69, 9.17) is 0 Å². The molecule has 0 amide bonds. The number of aryl methyl sites for hydroxylation is 2. The molecular formula is C44H34Cl2Zr. The summed E-state index contributed by atoms with van der Waals surface area (Å²) >= 11 is -1.26. The molecule has 0 saturated carbocycles. The number of benzene rings is 6. The summed E-state index contributed by atoms with van der Waals surface area (Å²) in [5, 5.41) is 5.76. The van der Waals surface area contributed by atoms with Gasteiger partial charge in [-0.15, -0.1) is 0 Å². The first-order valence-corrected chi connectivity index (χ1v) is 18.5. The second-order valence-electron chi connectivity index (χ2n) is 12.0. The van der Waals surface area contributed by atoms with Crippen LogP contribution in [-0.4, -0.2) is 0 Å². The maximum atomic E-state index is 2.49. The van der Waals surface area contributed by atoms with Gasteiger partial charge in [0.2, 0.25) is 0 Å². The molecule has 0 nitrogen and oxygen atoms in total. The van der Waals surface area contributed by atoms with Crippen LogP contribution in [0.1, 0.15) is 35.1 Å². The van der Waals surface area contributed by atoms with E-state index in [9.17, 15) is 0 Å². The molecule has 228 valence electrons. The normalized spacial score (nSPS) is 12.8. The van der Waals surface area contributed by atoms with Gasteiger partial charge in [0.15, 0.2) is 0 Å². The van der Waals surface area contributed by atoms with Crippen molar-refractivity contribution in [3.63, 3.8) is 0 Å². The Kier molecular flexibility index (Phi) is 10.6. The first-order chi connectivity index (χ1) is 22.3. The van der Waals surface area contributed by atoms with E-state index in [1.807, 2.05) is 0 Å². The van der Waals surface area contributed by atoms with E-state index < -0.39 is 23.2 Å². The van der Waals surface area contributed by atoms with Crippen LogP contribution in [0.4, 0.5) is 0 Å². The zero-order valence-electron chi connectivity index (χ0n) is 26.1. The van der Waals surface area contributed by atoms with Crippen molar-refractivity contribution in [2.24, 2.45) is 0 Å². The molecule has 3 heteroatoms. The van der Waals surface area contributed by atoms with E-state index in [2.05, 4.69) is 158 Å². The van der Waals surface area contributed by atoms with Crippen molar-refractivity contribution in [2.75, 3.05) is 0 Å². The number of rotatable bonds is 8. The minimum atomic E-state index is -1.26. The minimum Gasteiger partial charge on any atom is -1.00 e. The van der Waals surface area contributed by atoms with Crippen LogP contribution in [0.15, 0.2) is 146 Å².